The number of hydrogen-bond donors (Lipinski definition) is 1. The van der Waals surface area contributed by atoms with Crippen LogP contribution in [0.15, 0.2) is 18.3 Å². The Morgan fingerprint density at radius 3 is 2.82 bits per heavy atom. The predicted octanol–water partition coefficient (Wildman–Crippen LogP) is 1.17. The maximum Gasteiger partial charge on any atom is 0.347 e. The number of carbonyl (C=O) groups is 2. The Hall–Kier alpha value is -2.11. The summed E-state index contributed by atoms with van der Waals surface area (Å²) in [5.41, 5.74) is 0.473. The van der Waals surface area contributed by atoms with Crippen LogP contribution < -0.4 is 15.2 Å². The van der Waals surface area contributed by atoms with Crippen LogP contribution in [0.25, 0.3) is 0 Å². The number of hydrogen-bond acceptors (Lipinski definition) is 4. The maximum absolute atomic E-state index is 12.2. The average Bonchev–Trinajstić information content (AvgIpc) is 3.06. The number of amides is 1. The predicted molar refractivity (Wildman–Crippen MR) is 82.6 cm³/mol. The maximum atomic E-state index is 12.2. The number of nitrogens with one attached hydrogen (secondary N) is 2. The highest BCUT2D eigenvalue weighted by atomic mass is 16.5. The Morgan fingerprint density at radius 2 is 2.14 bits per heavy atom. The van der Waals surface area contributed by atoms with E-state index in [1.807, 2.05) is 13.8 Å². The van der Waals surface area contributed by atoms with Crippen LogP contribution >= 0.6 is 0 Å². The number of esters is 1. The first-order valence-electron chi connectivity index (χ1n) is 7.84. The smallest absolute Gasteiger partial charge is 0.347 e. The zero-order valence-electron chi connectivity index (χ0n) is 13.2. The second-order valence-electron chi connectivity index (χ2n) is 5.58. The third-order valence-electron chi connectivity index (χ3n) is 3.83. The highest BCUT2D eigenvalue weighted by molar-refractivity contribution is 5.95. The lowest BCUT2D eigenvalue weighted by Crippen LogP contribution is -2.35. The van der Waals surface area contributed by atoms with Gasteiger partial charge in [0.05, 0.1) is 19.3 Å². The standard InChI is InChI=1S/C16H23N3O3/c1-3-12(2)18-14(20)11-22-16(21)13-7-6-8-17-15(13)19-9-4-5-10-19/h6-8,12H,3-5,9-11H2,1-2H3,(H,18,20)/p+1/t12-/m1/s1. The Morgan fingerprint density at radius 1 is 1.41 bits per heavy atom. The molecular formula is C16H24N3O3+. The van der Waals surface area contributed by atoms with E-state index in [1.54, 1.807) is 18.3 Å². The summed E-state index contributed by atoms with van der Waals surface area (Å²) in [5, 5.41) is 2.77. The summed E-state index contributed by atoms with van der Waals surface area (Å²) in [4.78, 5) is 29.2. The molecule has 0 aromatic carbocycles. The zero-order valence-corrected chi connectivity index (χ0v) is 13.2. The van der Waals surface area contributed by atoms with Gasteiger partial charge in [-0.15, -0.1) is 0 Å². The lowest BCUT2D eigenvalue weighted by molar-refractivity contribution is -0.364. The van der Waals surface area contributed by atoms with Gasteiger partial charge in [-0.2, -0.15) is 0 Å². The highest BCUT2D eigenvalue weighted by Gasteiger charge is 2.27. The first-order valence-corrected chi connectivity index (χ1v) is 7.84. The topological polar surface area (TPSA) is 72.8 Å². The molecule has 22 heavy (non-hydrogen) atoms. The number of H-pyrrole nitrogens is 1. The van der Waals surface area contributed by atoms with E-state index in [0.717, 1.165) is 38.2 Å². The van der Waals surface area contributed by atoms with E-state index in [1.165, 1.54) is 0 Å². The van der Waals surface area contributed by atoms with Gasteiger partial charge in [0, 0.05) is 6.04 Å². The molecular weight excluding hydrogens is 282 g/mol. The van der Waals surface area contributed by atoms with Gasteiger partial charge in [0.15, 0.2) is 6.61 Å². The van der Waals surface area contributed by atoms with Crippen molar-refractivity contribution in [1.29, 1.82) is 0 Å². The summed E-state index contributed by atoms with van der Waals surface area (Å²) < 4.78 is 5.14. The van der Waals surface area contributed by atoms with Crippen molar-refractivity contribution >= 4 is 17.7 Å². The average molecular weight is 306 g/mol. The molecule has 0 radical (unpaired) electrons. The van der Waals surface area contributed by atoms with Crippen molar-refractivity contribution in [1.82, 2.24) is 5.32 Å². The van der Waals surface area contributed by atoms with Gasteiger partial charge in [0.1, 0.15) is 5.56 Å². The quantitative estimate of drug-likeness (QED) is 0.801. The molecule has 1 amide bonds. The van der Waals surface area contributed by atoms with Crippen LogP contribution in [0.2, 0.25) is 0 Å². The van der Waals surface area contributed by atoms with Crippen molar-refractivity contribution in [2.24, 2.45) is 0 Å². The monoisotopic (exact) mass is 306 g/mol. The summed E-state index contributed by atoms with van der Waals surface area (Å²) in [6, 6.07) is 3.56. The summed E-state index contributed by atoms with van der Waals surface area (Å²) in [7, 11) is 0. The van der Waals surface area contributed by atoms with E-state index in [4.69, 9.17) is 4.74 Å². The molecule has 1 fully saturated rings. The van der Waals surface area contributed by atoms with Crippen LogP contribution in [0.3, 0.4) is 0 Å². The van der Waals surface area contributed by atoms with Crippen molar-refractivity contribution in [3.63, 3.8) is 0 Å². The molecule has 6 heteroatoms. The molecule has 0 spiro atoms. The number of ether oxygens (including phenoxy) is 1. The first kappa shape index (κ1) is 16.3. The largest absolute Gasteiger partial charge is 0.452 e. The van der Waals surface area contributed by atoms with Gasteiger partial charge in [0.25, 0.3) is 11.7 Å². The van der Waals surface area contributed by atoms with Crippen LogP contribution in [-0.2, 0) is 9.53 Å². The summed E-state index contributed by atoms with van der Waals surface area (Å²) in [6.07, 6.45) is 4.87. The number of pyridine rings is 1. The van der Waals surface area contributed by atoms with E-state index in [9.17, 15) is 9.59 Å². The fourth-order valence-corrected chi connectivity index (χ4v) is 2.42. The molecule has 0 bridgehead atoms. The Labute approximate surface area is 130 Å². The minimum Gasteiger partial charge on any atom is -0.452 e. The fraction of sp³-hybridized carbons (Fsp3) is 0.562. The lowest BCUT2D eigenvalue weighted by atomic mass is 10.2. The van der Waals surface area contributed by atoms with Crippen LogP contribution in [0, 0.1) is 0 Å². The van der Waals surface area contributed by atoms with Crippen molar-refractivity contribution < 1.29 is 19.3 Å². The van der Waals surface area contributed by atoms with Crippen LogP contribution in [-0.4, -0.2) is 37.6 Å². The molecule has 1 aliphatic rings. The molecule has 6 nitrogen and oxygen atoms in total. The third-order valence-corrected chi connectivity index (χ3v) is 3.83. The first-order chi connectivity index (χ1) is 10.6. The third kappa shape index (κ3) is 4.19. The summed E-state index contributed by atoms with van der Waals surface area (Å²) in [5.74, 6) is 0.0238. The van der Waals surface area contributed by atoms with Gasteiger partial charge < -0.3 is 10.1 Å². The molecule has 1 aliphatic heterocycles. The Bertz CT molecular complexity index is 527. The van der Waals surface area contributed by atoms with E-state index < -0.39 is 5.97 Å². The highest BCUT2D eigenvalue weighted by Crippen LogP contribution is 2.20. The van der Waals surface area contributed by atoms with E-state index in [-0.39, 0.29) is 18.6 Å². The molecule has 1 aromatic rings. The number of aromatic nitrogens is 1. The van der Waals surface area contributed by atoms with Gasteiger partial charge in [-0.25, -0.2) is 9.78 Å². The minimum absolute atomic E-state index is 0.0800. The number of rotatable bonds is 6. The molecule has 2 N–H and O–H groups in total. The minimum atomic E-state index is -0.474. The number of anilines is 1. The molecule has 2 rings (SSSR count). The molecule has 1 atom stereocenters. The van der Waals surface area contributed by atoms with Crippen molar-refractivity contribution in [2.45, 2.75) is 39.2 Å². The molecule has 1 saturated heterocycles. The van der Waals surface area contributed by atoms with Gasteiger partial charge >= 0.3 is 5.97 Å². The molecule has 0 saturated carbocycles. The van der Waals surface area contributed by atoms with E-state index in [0.29, 0.717) is 5.56 Å². The van der Waals surface area contributed by atoms with Crippen LogP contribution in [0.4, 0.5) is 5.82 Å². The van der Waals surface area contributed by atoms with E-state index >= 15 is 0 Å². The molecule has 1 aromatic heterocycles. The SMILES string of the molecule is CC[C@@H](C)NC(=O)COC(=O)c1ccc[nH+]c1N1CCCC1. The summed E-state index contributed by atoms with van der Waals surface area (Å²) in [6.45, 7) is 5.50. The van der Waals surface area contributed by atoms with Crippen LogP contribution in [0.1, 0.15) is 43.5 Å². The summed E-state index contributed by atoms with van der Waals surface area (Å²) >= 11 is 0. The van der Waals surface area contributed by atoms with Gasteiger partial charge in [-0.3, -0.25) is 9.69 Å². The van der Waals surface area contributed by atoms with Gasteiger partial charge in [-0.1, -0.05) is 6.92 Å². The van der Waals surface area contributed by atoms with E-state index in [2.05, 4.69) is 15.2 Å². The van der Waals surface area contributed by atoms with Gasteiger partial charge in [-0.05, 0) is 38.3 Å². The van der Waals surface area contributed by atoms with Crippen LogP contribution in [0.5, 0.6) is 0 Å². The Kier molecular flexibility index (Phi) is 5.75. The van der Waals surface area contributed by atoms with Gasteiger partial charge in [0.2, 0.25) is 0 Å². The molecule has 0 unspecified atom stereocenters. The van der Waals surface area contributed by atoms with Crippen molar-refractivity contribution in [3.8, 4) is 0 Å². The molecule has 120 valence electrons. The zero-order chi connectivity index (χ0) is 15.9. The lowest BCUT2D eigenvalue weighted by Gasteiger charge is -2.13. The normalized spacial score (nSPS) is 15.5. The number of nitrogens with zero attached hydrogens (tertiary/aromatic N) is 1. The Balaban J connectivity index is 1.96. The molecule has 2 heterocycles. The van der Waals surface area contributed by atoms with Crippen molar-refractivity contribution in [2.75, 3.05) is 24.6 Å². The number of aromatic amines is 1. The second kappa shape index (κ2) is 7.77. The number of carbonyl (C=O) groups excluding carboxylic acids is 2. The fourth-order valence-electron chi connectivity index (χ4n) is 2.42. The molecule has 0 aliphatic carbocycles. The second-order valence-corrected chi connectivity index (χ2v) is 5.58. The van der Waals surface area contributed by atoms with Crippen molar-refractivity contribution in [3.05, 3.63) is 23.9 Å².